The predicted octanol–water partition coefficient (Wildman–Crippen LogP) is 5.24. The van der Waals surface area contributed by atoms with Gasteiger partial charge in [0, 0.05) is 11.7 Å². The van der Waals surface area contributed by atoms with E-state index in [4.69, 9.17) is 4.74 Å². The Bertz CT molecular complexity index is 514. The molecule has 1 aromatic heterocycles. The van der Waals surface area contributed by atoms with Gasteiger partial charge in [0.1, 0.15) is 5.75 Å². The molecule has 1 fully saturated rings. The fourth-order valence-corrected chi connectivity index (χ4v) is 3.44. The van der Waals surface area contributed by atoms with Gasteiger partial charge in [0.05, 0.1) is 6.10 Å². The molecule has 1 N–H and O–H groups in total. The number of anilines is 1. The van der Waals surface area contributed by atoms with Crippen molar-refractivity contribution in [3.8, 4) is 5.75 Å². The molecule has 3 rings (SSSR count). The Labute approximate surface area is 124 Å². The summed E-state index contributed by atoms with van der Waals surface area (Å²) in [6.07, 6.45) is 5.45. The van der Waals surface area contributed by atoms with Crippen LogP contribution in [0.25, 0.3) is 0 Å². The van der Waals surface area contributed by atoms with E-state index in [0.29, 0.717) is 12.1 Å². The van der Waals surface area contributed by atoms with E-state index in [2.05, 4.69) is 53.3 Å². The number of ether oxygens (including phenoxy) is 1. The maximum absolute atomic E-state index is 5.98. The summed E-state index contributed by atoms with van der Waals surface area (Å²) >= 11 is 1.74. The molecule has 0 amide bonds. The number of benzene rings is 1. The standard InChI is InChI=1S/C17H21NOS/c1-13(14-10-11-20-12-14)18-15-6-8-17(9-7-15)19-16-4-2-3-5-16/h6-13,16,18H,2-5H2,1H3. The first kappa shape index (κ1) is 13.5. The molecule has 20 heavy (non-hydrogen) atoms. The summed E-state index contributed by atoms with van der Waals surface area (Å²) in [7, 11) is 0. The molecule has 0 spiro atoms. The van der Waals surface area contributed by atoms with Gasteiger partial charge in [0.15, 0.2) is 0 Å². The zero-order valence-corrected chi connectivity index (χ0v) is 12.7. The van der Waals surface area contributed by atoms with Gasteiger partial charge in [-0.15, -0.1) is 0 Å². The van der Waals surface area contributed by atoms with Crippen molar-refractivity contribution in [2.75, 3.05) is 5.32 Å². The van der Waals surface area contributed by atoms with Gasteiger partial charge in [0.2, 0.25) is 0 Å². The Hall–Kier alpha value is -1.48. The van der Waals surface area contributed by atoms with Crippen LogP contribution in [0.5, 0.6) is 5.75 Å². The number of hydrogen-bond acceptors (Lipinski definition) is 3. The normalized spacial score (nSPS) is 17.1. The highest BCUT2D eigenvalue weighted by Crippen LogP contribution is 2.26. The monoisotopic (exact) mass is 287 g/mol. The number of thiophene rings is 1. The molecule has 2 aromatic rings. The number of nitrogens with one attached hydrogen (secondary N) is 1. The molecule has 1 aromatic carbocycles. The average molecular weight is 287 g/mol. The fraction of sp³-hybridized carbons (Fsp3) is 0.412. The third-order valence-corrected chi connectivity index (χ3v) is 4.59. The second-order valence-corrected chi connectivity index (χ2v) is 6.25. The van der Waals surface area contributed by atoms with E-state index in [1.54, 1.807) is 11.3 Å². The van der Waals surface area contributed by atoms with Crippen LogP contribution in [0.1, 0.15) is 44.2 Å². The zero-order chi connectivity index (χ0) is 13.8. The lowest BCUT2D eigenvalue weighted by Crippen LogP contribution is -2.11. The van der Waals surface area contributed by atoms with Crippen molar-refractivity contribution in [2.45, 2.75) is 44.8 Å². The first-order valence-electron chi connectivity index (χ1n) is 7.36. The third-order valence-electron chi connectivity index (χ3n) is 3.89. The Morgan fingerprint density at radius 2 is 1.90 bits per heavy atom. The highest BCUT2D eigenvalue weighted by Gasteiger charge is 2.16. The van der Waals surface area contributed by atoms with E-state index < -0.39 is 0 Å². The minimum Gasteiger partial charge on any atom is -0.490 e. The van der Waals surface area contributed by atoms with Crippen molar-refractivity contribution in [3.63, 3.8) is 0 Å². The Balaban J connectivity index is 1.58. The van der Waals surface area contributed by atoms with Crippen molar-refractivity contribution in [1.29, 1.82) is 0 Å². The van der Waals surface area contributed by atoms with Crippen LogP contribution in [0.4, 0.5) is 5.69 Å². The van der Waals surface area contributed by atoms with Gasteiger partial charge >= 0.3 is 0 Å². The van der Waals surface area contributed by atoms with Crippen LogP contribution in [-0.2, 0) is 0 Å². The maximum atomic E-state index is 5.98. The molecule has 1 aliphatic rings. The number of rotatable bonds is 5. The second kappa shape index (κ2) is 6.31. The van der Waals surface area contributed by atoms with Crippen LogP contribution >= 0.6 is 11.3 Å². The van der Waals surface area contributed by atoms with Gasteiger partial charge in [-0.3, -0.25) is 0 Å². The number of hydrogen-bond donors (Lipinski definition) is 1. The molecule has 1 heterocycles. The topological polar surface area (TPSA) is 21.3 Å². The van der Waals surface area contributed by atoms with Gasteiger partial charge in [-0.2, -0.15) is 11.3 Å². The van der Waals surface area contributed by atoms with E-state index >= 15 is 0 Å². The quantitative estimate of drug-likeness (QED) is 0.811. The van der Waals surface area contributed by atoms with Crippen LogP contribution in [0, 0.1) is 0 Å². The molecule has 2 nitrogen and oxygen atoms in total. The first-order valence-corrected chi connectivity index (χ1v) is 8.31. The van der Waals surface area contributed by atoms with Crippen LogP contribution in [-0.4, -0.2) is 6.10 Å². The van der Waals surface area contributed by atoms with E-state index in [1.807, 2.05) is 0 Å². The third kappa shape index (κ3) is 3.34. The molecule has 1 unspecified atom stereocenters. The van der Waals surface area contributed by atoms with Crippen molar-refractivity contribution in [2.24, 2.45) is 0 Å². The van der Waals surface area contributed by atoms with Gasteiger partial charge in [-0.05, 0) is 79.3 Å². The summed E-state index contributed by atoms with van der Waals surface area (Å²) < 4.78 is 5.98. The van der Waals surface area contributed by atoms with Crippen LogP contribution < -0.4 is 10.1 Å². The summed E-state index contributed by atoms with van der Waals surface area (Å²) in [6.45, 7) is 2.19. The molecule has 3 heteroatoms. The summed E-state index contributed by atoms with van der Waals surface area (Å²) in [4.78, 5) is 0. The Morgan fingerprint density at radius 3 is 2.55 bits per heavy atom. The molecule has 1 aliphatic carbocycles. The van der Waals surface area contributed by atoms with Crippen LogP contribution in [0.3, 0.4) is 0 Å². The molecule has 106 valence electrons. The van der Waals surface area contributed by atoms with Crippen LogP contribution in [0.2, 0.25) is 0 Å². The smallest absolute Gasteiger partial charge is 0.119 e. The largest absolute Gasteiger partial charge is 0.490 e. The zero-order valence-electron chi connectivity index (χ0n) is 11.8. The van der Waals surface area contributed by atoms with E-state index in [0.717, 1.165) is 11.4 Å². The Kier molecular flexibility index (Phi) is 4.26. The average Bonchev–Trinajstić information content (AvgIpc) is 3.13. The molecule has 0 bridgehead atoms. The highest BCUT2D eigenvalue weighted by molar-refractivity contribution is 7.07. The van der Waals surface area contributed by atoms with Crippen molar-refractivity contribution in [3.05, 3.63) is 46.7 Å². The fourth-order valence-electron chi connectivity index (χ4n) is 2.68. The molecule has 0 saturated heterocycles. The van der Waals surface area contributed by atoms with E-state index in [-0.39, 0.29) is 0 Å². The van der Waals surface area contributed by atoms with Crippen molar-refractivity contribution >= 4 is 17.0 Å². The minimum atomic E-state index is 0.336. The van der Waals surface area contributed by atoms with Gasteiger partial charge in [-0.25, -0.2) is 0 Å². The summed E-state index contributed by atoms with van der Waals surface area (Å²) in [6, 6.07) is 10.9. The lowest BCUT2D eigenvalue weighted by molar-refractivity contribution is 0.210. The predicted molar refractivity (Wildman–Crippen MR) is 85.7 cm³/mol. The van der Waals surface area contributed by atoms with Gasteiger partial charge < -0.3 is 10.1 Å². The molecular formula is C17H21NOS. The van der Waals surface area contributed by atoms with Crippen molar-refractivity contribution in [1.82, 2.24) is 0 Å². The Morgan fingerprint density at radius 1 is 1.15 bits per heavy atom. The summed E-state index contributed by atoms with van der Waals surface area (Å²) in [5.41, 5.74) is 2.48. The minimum absolute atomic E-state index is 0.336. The van der Waals surface area contributed by atoms with Gasteiger partial charge in [-0.1, -0.05) is 0 Å². The summed E-state index contributed by atoms with van der Waals surface area (Å²) in [5, 5.41) is 7.82. The molecule has 1 saturated carbocycles. The first-order chi connectivity index (χ1) is 9.81. The van der Waals surface area contributed by atoms with Crippen molar-refractivity contribution < 1.29 is 4.74 Å². The SMILES string of the molecule is CC(Nc1ccc(OC2CCCC2)cc1)c1ccsc1. The maximum Gasteiger partial charge on any atom is 0.119 e. The molecular weight excluding hydrogens is 266 g/mol. The van der Waals surface area contributed by atoms with E-state index in [9.17, 15) is 0 Å². The molecule has 1 atom stereocenters. The molecule has 0 aliphatic heterocycles. The molecule has 0 radical (unpaired) electrons. The second-order valence-electron chi connectivity index (χ2n) is 5.47. The lowest BCUT2D eigenvalue weighted by Gasteiger charge is -2.16. The summed E-state index contributed by atoms with van der Waals surface area (Å²) in [5.74, 6) is 0.991. The van der Waals surface area contributed by atoms with Gasteiger partial charge in [0.25, 0.3) is 0 Å². The van der Waals surface area contributed by atoms with E-state index in [1.165, 1.54) is 31.2 Å². The van der Waals surface area contributed by atoms with Crippen LogP contribution in [0.15, 0.2) is 41.1 Å². The lowest BCUT2D eigenvalue weighted by atomic mass is 10.1. The highest BCUT2D eigenvalue weighted by atomic mass is 32.1.